The van der Waals surface area contributed by atoms with Gasteiger partial charge in [-0.25, -0.2) is 0 Å². The van der Waals surface area contributed by atoms with Crippen LogP contribution in [0.1, 0.15) is 20.3 Å². The van der Waals surface area contributed by atoms with E-state index >= 15 is 0 Å². The first kappa shape index (κ1) is 14.8. The topological polar surface area (TPSA) is 77.2 Å². The van der Waals surface area contributed by atoms with Crippen LogP contribution in [0.2, 0.25) is 0 Å². The van der Waals surface area contributed by atoms with Gasteiger partial charge in [0.25, 0.3) is 0 Å². The van der Waals surface area contributed by atoms with Gasteiger partial charge in [-0.15, -0.1) is 0 Å². The maximum absolute atomic E-state index is 11.2. The van der Waals surface area contributed by atoms with E-state index in [1.165, 1.54) is 0 Å². The number of rotatable bonds is 7. The lowest BCUT2D eigenvalue weighted by molar-refractivity contribution is 0.307. The highest BCUT2D eigenvalue weighted by atomic mass is 32.2. The SMILES string of the molecule is CCCOc1nc(NCC(C)S(C)=O)ccc1N. The zero-order valence-corrected chi connectivity index (χ0v) is 11.9. The number of anilines is 2. The second-order valence-electron chi connectivity index (χ2n) is 4.13. The normalized spacial score (nSPS) is 13.9. The van der Waals surface area contributed by atoms with E-state index in [0.717, 1.165) is 6.42 Å². The molecule has 5 nitrogen and oxygen atoms in total. The lowest BCUT2D eigenvalue weighted by Crippen LogP contribution is -2.21. The van der Waals surface area contributed by atoms with Crippen LogP contribution < -0.4 is 15.8 Å². The molecular formula is C12H21N3O2S. The molecule has 102 valence electrons. The molecular weight excluding hydrogens is 250 g/mol. The van der Waals surface area contributed by atoms with Crippen LogP contribution in [-0.2, 0) is 10.8 Å². The molecule has 18 heavy (non-hydrogen) atoms. The van der Waals surface area contributed by atoms with Gasteiger partial charge in [-0.2, -0.15) is 4.98 Å². The Labute approximate surface area is 111 Å². The van der Waals surface area contributed by atoms with Crippen LogP contribution in [0.4, 0.5) is 11.5 Å². The fourth-order valence-electron chi connectivity index (χ4n) is 1.23. The van der Waals surface area contributed by atoms with E-state index in [1.807, 2.05) is 13.8 Å². The van der Waals surface area contributed by atoms with Crippen LogP contribution in [0, 0.1) is 0 Å². The third-order valence-electron chi connectivity index (χ3n) is 2.47. The van der Waals surface area contributed by atoms with Crippen molar-refractivity contribution in [2.45, 2.75) is 25.5 Å². The molecule has 1 aromatic rings. The van der Waals surface area contributed by atoms with E-state index < -0.39 is 10.8 Å². The molecule has 0 aliphatic rings. The van der Waals surface area contributed by atoms with Gasteiger partial charge < -0.3 is 15.8 Å². The molecule has 0 aromatic carbocycles. The zero-order chi connectivity index (χ0) is 13.5. The van der Waals surface area contributed by atoms with E-state index in [9.17, 15) is 4.21 Å². The first-order valence-corrected chi connectivity index (χ1v) is 7.62. The van der Waals surface area contributed by atoms with Gasteiger partial charge in [0.05, 0.1) is 12.3 Å². The Bertz CT molecular complexity index is 412. The zero-order valence-electron chi connectivity index (χ0n) is 11.1. The minimum Gasteiger partial charge on any atom is -0.476 e. The van der Waals surface area contributed by atoms with Crippen LogP contribution in [-0.4, -0.2) is 33.9 Å². The summed E-state index contributed by atoms with van der Waals surface area (Å²) in [6, 6.07) is 3.55. The molecule has 0 amide bonds. The Morgan fingerprint density at radius 2 is 2.28 bits per heavy atom. The summed E-state index contributed by atoms with van der Waals surface area (Å²) >= 11 is 0. The van der Waals surface area contributed by atoms with Crippen molar-refractivity contribution in [3.05, 3.63) is 12.1 Å². The largest absolute Gasteiger partial charge is 0.476 e. The number of nitrogen functional groups attached to an aromatic ring is 1. The van der Waals surface area contributed by atoms with E-state index in [1.54, 1.807) is 18.4 Å². The predicted octanol–water partition coefficient (Wildman–Crippen LogP) is 1.63. The Balaban J connectivity index is 2.63. The van der Waals surface area contributed by atoms with Gasteiger partial charge in [0.15, 0.2) is 0 Å². The van der Waals surface area contributed by atoms with Gasteiger partial charge in [0, 0.05) is 28.9 Å². The highest BCUT2D eigenvalue weighted by Gasteiger charge is 2.08. The number of pyridine rings is 1. The lowest BCUT2D eigenvalue weighted by atomic mass is 10.4. The van der Waals surface area contributed by atoms with Crippen LogP contribution in [0.3, 0.4) is 0 Å². The Morgan fingerprint density at radius 3 is 2.89 bits per heavy atom. The quantitative estimate of drug-likeness (QED) is 0.788. The first-order chi connectivity index (χ1) is 8.54. The van der Waals surface area contributed by atoms with Gasteiger partial charge in [-0.05, 0) is 25.5 Å². The summed E-state index contributed by atoms with van der Waals surface area (Å²) < 4.78 is 16.7. The molecule has 0 bridgehead atoms. The number of ether oxygens (including phenoxy) is 1. The van der Waals surface area contributed by atoms with Crippen LogP contribution in [0.25, 0.3) is 0 Å². The molecule has 1 heterocycles. The van der Waals surface area contributed by atoms with Crippen molar-refractivity contribution in [3.63, 3.8) is 0 Å². The number of aromatic nitrogens is 1. The summed E-state index contributed by atoms with van der Waals surface area (Å²) in [5.74, 6) is 1.14. The number of hydrogen-bond acceptors (Lipinski definition) is 5. The summed E-state index contributed by atoms with van der Waals surface area (Å²) in [5, 5.41) is 3.20. The molecule has 3 N–H and O–H groups in total. The van der Waals surface area contributed by atoms with Gasteiger partial charge in [0.2, 0.25) is 5.88 Å². The molecule has 0 spiro atoms. The fourth-order valence-corrected chi connectivity index (χ4v) is 1.55. The van der Waals surface area contributed by atoms with Crippen molar-refractivity contribution < 1.29 is 8.95 Å². The van der Waals surface area contributed by atoms with Crippen molar-refractivity contribution in [1.29, 1.82) is 0 Å². The number of hydrogen-bond donors (Lipinski definition) is 2. The molecule has 1 aromatic heterocycles. The third-order valence-corrected chi connectivity index (χ3v) is 3.77. The summed E-state index contributed by atoms with van der Waals surface area (Å²) in [5.41, 5.74) is 6.30. The predicted molar refractivity (Wildman–Crippen MR) is 76.5 cm³/mol. The summed E-state index contributed by atoms with van der Waals surface area (Å²) in [4.78, 5) is 4.28. The molecule has 0 saturated carbocycles. The van der Waals surface area contributed by atoms with E-state index in [0.29, 0.717) is 30.5 Å². The Morgan fingerprint density at radius 1 is 1.56 bits per heavy atom. The molecule has 2 unspecified atom stereocenters. The Hall–Kier alpha value is -1.30. The molecule has 1 rings (SSSR count). The van der Waals surface area contributed by atoms with Crippen molar-refractivity contribution in [3.8, 4) is 5.88 Å². The van der Waals surface area contributed by atoms with Crippen LogP contribution in [0.15, 0.2) is 12.1 Å². The number of nitrogens with zero attached hydrogens (tertiary/aromatic N) is 1. The minimum atomic E-state index is -0.845. The first-order valence-electron chi connectivity index (χ1n) is 6.00. The lowest BCUT2D eigenvalue weighted by Gasteiger charge is -2.12. The average Bonchev–Trinajstić information content (AvgIpc) is 2.35. The minimum absolute atomic E-state index is 0.0735. The molecule has 0 saturated heterocycles. The maximum Gasteiger partial charge on any atom is 0.239 e. The third kappa shape index (κ3) is 4.52. The molecule has 2 atom stereocenters. The molecule has 0 radical (unpaired) electrons. The van der Waals surface area contributed by atoms with Crippen molar-refractivity contribution in [2.75, 3.05) is 30.5 Å². The molecule has 0 aliphatic heterocycles. The monoisotopic (exact) mass is 271 g/mol. The average molecular weight is 271 g/mol. The van der Waals surface area contributed by atoms with E-state index in [-0.39, 0.29) is 5.25 Å². The van der Waals surface area contributed by atoms with Gasteiger partial charge in [-0.1, -0.05) is 6.92 Å². The molecule has 0 fully saturated rings. The van der Waals surface area contributed by atoms with E-state index in [4.69, 9.17) is 10.5 Å². The second kappa shape index (κ2) is 7.20. The van der Waals surface area contributed by atoms with Crippen LogP contribution in [0.5, 0.6) is 5.88 Å². The highest BCUT2D eigenvalue weighted by molar-refractivity contribution is 7.84. The second-order valence-corrected chi connectivity index (χ2v) is 5.93. The molecule has 0 aliphatic carbocycles. The summed E-state index contributed by atoms with van der Waals surface area (Å²) in [6.07, 6.45) is 2.60. The number of nitrogens with one attached hydrogen (secondary N) is 1. The fraction of sp³-hybridized carbons (Fsp3) is 0.583. The standard InChI is InChI=1S/C12H21N3O2S/c1-4-7-17-12-10(13)5-6-11(15-12)14-8-9(2)18(3)16/h5-6,9H,4,7-8,13H2,1-3H3,(H,14,15). The summed E-state index contributed by atoms with van der Waals surface area (Å²) in [6.45, 7) is 5.15. The van der Waals surface area contributed by atoms with Crippen molar-refractivity contribution in [1.82, 2.24) is 4.98 Å². The maximum atomic E-state index is 11.2. The van der Waals surface area contributed by atoms with Crippen molar-refractivity contribution >= 4 is 22.3 Å². The number of nitrogens with two attached hydrogens (primary N) is 1. The highest BCUT2D eigenvalue weighted by Crippen LogP contribution is 2.21. The molecule has 6 heteroatoms. The van der Waals surface area contributed by atoms with Gasteiger partial charge in [-0.3, -0.25) is 4.21 Å². The van der Waals surface area contributed by atoms with E-state index in [2.05, 4.69) is 10.3 Å². The van der Waals surface area contributed by atoms with Crippen LogP contribution >= 0.6 is 0 Å². The smallest absolute Gasteiger partial charge is 0.239 e. The Kier molecular flexibility index (Phi) is 5.91. The van der Waals surface area contributed by atoms with Gasteiger partial charge >= 0.3 is 0 Å². The van der Waals surface area contributed by atoms with Gasteiger partial charge in [0.1, 0.15) is 5.82 Å². The summed E-state index contributed by atoms with van der Waals surface area (Å²) in [7, 11) is -0.845. The van der Waals surface area contributed by atoms with Crippen molar-refractivity contribution in [2.24, 2.45) is 0 Å².